The lowest BCUT2D eigenvalue weighted by atomic mass is 9.98. The van der Waals surface area contributed by atoms with Crippen molar-refractivity contribution in [1.29, 1.82) is 5.26 Å². The summed E-state index contributed by atoms with van der Waals surface area (Å²) in [5, 5.41) is 10.9. The maximum Gasteiger partial charge on any atom is 0.0998 e. The van der Waals surface area contributed by atoms with Crippen molar-refractivity contribution in [3.05, 3.63) is 34.0 Å². The van der Waals surface area contributed by atoms with Gasteiger partial charge in [0.15, 0.2) is 0 Å². The van der Waals surface area contributed by atoms with Gasteiger partial charge in [-0.15, -0.1) is 0 Å². The molecule has 3 nitrogen and oxygen atoms in total. The largest absolute Gasteiger partial charge is 0.372 e. The van der Waals surface area contributed by atoms with Crippen molar-refractivity contribution in [2.45, 2.75) is 32.3 Å². The van der Waals surface area contributed by atoms with E-state index in [1.54, 1.807) is 12.1 Å². The first-order valence-corrected chi connectivity index (χ1v) is 6.98. The topological polar surface area (TPSA) is 48.8 Å². The van der Waals surface area contributed by atoms with E-state index in [1.165, 1.54) is 5.56 Å². The van der Waals surface area contributed by atoms with Gasteiger partial charge < -0.3 is 9.72 Å². The number of nitriles is 1. The number of nitrogens with one attached hydrogen (secondary N) is 1. The van der Waals surface area contributed by atoms with E-state index >= 15 is 0 Å². The van der Waals surface area contributed by atoms with Crippen LogP contribution >= 0.6 is 11.6 Å². The average Bonchev–Trinajstić information content (AvgIpc) is 2.82. The highest BCUT2D eigenvalue weighted by Gasteiger charge is 2.26. The predicted octanol–water partition coefficient (Wildman–Crippen LogP) is 4.11. The second kappa shape index (κ2) is 4.88. The van der Waals surface area contributed by atoms with Crippen LogP contribution < -0.4 is 0 Å². The summed E-state index contributed by atoms with van der Waals surface area (Å²) in [6.07, 6.45) is 2.99. The molecule has 1 aliphatic rings. The number of rotatable bonds is 2. The van der Waals surface area contributed by atoms with E-state index in [0.29, 0.717) is 17.2 Å². The van der Waals surface area contributed by atoms with Crippen LogP contribution in [-0.4, -0.2) is 11.6 Å². The molecule has 2 heterocycles. The maximum absolute atomic E-state index is 9.28. The first kappa shape index (κ1) is 12.5. The number of aromatic amines is 1. The molecule has 0 aliphatic carbocycles. The van der Waals surface area contributed by atoms with E-state index < -0.39 is 0 Å². The molecule has 4 heteroatoms. The van der Waals surface area contributed by atoms with E-state index in [9.17, 15) is 5.26 Å². The van der Waals surface area contributed by atoms with Crippen LogP contribution in [-0.2, 0) is 11.2 Å². The Bertz CT molecular complexity index is 669. The summed E-state index contributed by atoms with van der Waals surface area (Å²) < 4.78 is 5.83. The van der Waals surface area contributed by atoms with Gasteiger partial charge in [-0.3, -0.25) is 0 Å². The molecule has 98 valence electrons. The number of aromatic nitrogens is 1. The van der Waals surface area contributed by atoms with E-state index in [4.69, 9.17) is 16.3 Å². The number of benzene rings is 1. The van der Waals surface area contributed by atoms with E-state index in [2.05, 4.69) is 18.0 Å². The third-order valence-corrected chi connectivity index (χ3v) is 4.02. The molecule has 0 bridgehead atoms. The highest BCUT2D eigenvalue weighted by atomic mass is 35.5. The van der Waals surface area contributed by atoms with Gasteiger partial charge >= 0.3 is 0 Å². The number of H-pyrrole nitrogens is 1. The van der Waals surface area contributed by atoms with Gasteiger partial charge in [0.2, 0.25) is 0 Å². The van der Waals surface area contributed by atoms with Crippen LogP contribution in [0.1, 0.15) is 42.7 Å². The van der Waals surface area contributed by atoms with Gasteiger partial charge in [0.1, 0.15) is 0 Å². The fourth-order valence-corrected chi connectivity index (χ4v) is 3.07. The Kier molecular flexibility index (Phi) is 3.22. The Morgan fingerprint density at radius 3 is 3.11 bits per heavy atom. The van der Waals surface area contributed by atoms with Crippen LogP contribution in [0.25, 0.3) is 10.9 Å². The van der Waals surface area contributed by atoms with Crippen LogP contribution in [0.5, 0.6) is 0 Å². The van der Waals surface area contributed by atoms with Crippen molar-refractivity contribution >= 4 is 22.5 Å². The van der Waals surface area contributed by atoms with Crippen molar-refractivity contribution in [2.75, 3.05) is 6.61 Å². The van der Waals surface area contributed by atoms with Crippen molar-refractivity contribution in [2.24, 2.45) is 0 Å². The van der Waals surface area contributed by atoms with E-state index in [-0.39, 0.29) is 6.10 Å². The summed E-state index contributed by atoms with van der Waals surface area (Å²) in [5.41, 5.74) is 3.87. The van der Waals surface area contributed by atoms with E-state index in [0.717, 1.165) is 35.9 Å². The Morgan fingerprint density at radius 2 is 2.37 bits per heavy atom. The number of hydrogen-bond acceptors (Lipinski definition) is 2. The Hall–Kier alpha value is -1.50. The van der Waals surface area contributed by atoms with Gasteiger partial charge in [-0.1, -0.05) is 24.9 Å². The van der Waals surface area contributed by atoms with Gasteiger partial charge in [0.25, 0.3) is 0 Å². The molecule has 0 fully saturated rings. The minimum absolute atomic E-state index is 0.101. The van der Waals surface area contributed by atoms with Gasteiger partial charge in [0, 0.05) is 11.1 Å². The van der Waals surface area contributed by atoms with Crippen molar-refractivity contribution in [3.8, 4) is 6.07 Å². The van der Waals surface area contributed by atoms with Crippen molar-refractivity contribution in [3.63, 3.8) is 0 Å². The molecule has 1 atom stereocenters. The summed E-state index contributed by atoms with van der Waals surface area (Å²) in [6.45, 7) is 2.86. The fourth-order valence-electron chi connectivity index (χ4n) is 2.86. The Labute approximate surface area is 117 Å². The summed E-state index contributed by atoms with van der Waals surface area (Å²) in [6, 6.07) is 5.83. The molecule has 1 aromatic heterocycles. The Balaban J connectivity index is 2.27. The molecule has 1 unspecified atom stereocenters. The molecule has 2 aromatic rings. The van der Waals surface area contributed by atoms with Crippen LogP contribution in [0.4, 0.5) is 0 Å². The highest BCUT2D eigenvalue weighted by Crippen LogP contribution is 2.38. The predicted molar refractivity (Wildman–Crippen MR) is 75.3 cm³/mol. The summed E-state index contributed by atoms with van der Waals surface area (Å²) in [5.74, 6) is 0. The minimum Gasteiger partial charge on any atom is -0.372 e. The summed E-state index contributed by atoms with van der Waals surface area (Å²) in [7, 11) is 0. The lowest BCUT2D eigenvalue weighted by Gasteiger charge is -2.23. The molecule has 1 aromatic carbocycles. The monoisotopic (exact) mass is 274 g/mol. The minimum atomic E-state index is 0.101. The molecule has 0 saturated carbocycles. The van der Waals surface area contributed by atoms with Crippen LogP contribution in [0.3, 0.4) is 0 Å². The molecular formula is C15H15ClN2O. The maximum atomic E-state index is 9.28. The molecule has 0 spiro atoms. The zero-order valence-electron chi connectivity index (χ0n) is 10.8. The number of ether oxygens (including phenoxy) is 1. The van der Waals surface area contributed by atoms with Crippen LogP contribution in [0, 0.1) is 11.3 Å². The second-order valence-corrected chi connectivity index (χ2v) is 5.28. The summed E-state index contributed by atoms with van der Waals surface area (Å²) in [4.78, 5) is 3.39. The van der Waals surface area contributed by atoms with Gasteiger partial charge in [-0.05, 0) is 30.5 Å². The van der Waals surface area contributed by atoms with Gasteiger partial charge in [-0.25, -0.2) is 0 Å². The zero-order valence-corrected chi connectivity index (χ0v) is 11.5. The van der Waals surface area contributed by atoms with Gasteiger partial charge in [-0.2, -0.15) is 5.26 Å². The van der Waals surface area contributed by atoms with Crippen molar-refractivity contribution < 1.29 is 4.74 Å². The third-order valence-electron chi connectivity index (χ3n) is 3.71. The van der Waals surface area contributed by atoms with Crippen LogP contribution in [0.15, 0.2) is 12.1 Å². The molecule has 1 aliphatic heterocycles. The van der Waals surface area contributed by atoms with Crippen LogP contribution in [0.2, 0.25) is 5.02 Å². The SMILES string of the molecule is CCCC1OCCc2c1[nH]c1c(Cl)ccc(C#N)c21. The fraction of sp³-hybridized carbons (Fsp3) is 0.400. The quantitative estimate of drug-likeness (QED) is 0.896. The number of halogens is 1. The van der Waals surface area contributed by atoms with Crippen molar-refractivity contribution in [1.82, 2.24) is 4.98 Å². The average molecular weight is 275 g/mol. The first-order chi connectivity index (χ1) is 9.26. The zero-order chi connectivity index (χ0) is 13.4. The number of hydrogen-bond donors (Lipinski definition) is 1. The Morgan fingerprint density at radius 1 is 1.53 bits per heavy atom. The lowest BCUT2D eigenvalue weighted by Crippen LogP contribution is -2.15. The molecule has 0 saturated heterocycles. The lowest BCUT2D eigenvalue weighted by molar-refractivity contribution is 0.0339. The second-order valence-electron chi connectivity index (χ2n) is 4.87. The molecular weight excluding hydrogens is 260 g/mol. The third kappa shape index (κ3) is 1.92. The molecule has 1 N–H and O–H groups in total. The molecule has 3 rings (SSSR count). The standard InChI is InChI=1S/C15H15ClN2O/c1-2-3-12-14-10(6-7-19-12)13-9(8-17)4-5-11(16)15(13)18-14/h4-5,12,18H,2-3,6-7H2,1H3. The smallest absolute Gasteiger partial charge is 0.0998 e. The summed E-state index contributed by atoms with van der Waals surface area (Å²) >= 11 is 6.25. The van der Waals surface area contributed by atoms with Gasteiger partial charge in [0.05, 0.1) is 34.9 Å². The number of fused-ring (bicyclic) bond motifs is 3. The molecule has 19 heavy (non-hydrogen) atoms. The highest BCUT2D eigenvalue weighted by molar-refractivity contribution is 6.35. The normalized spacial score (nSPS) is 18.3. The number of nitrogens with zero attached hydrogens (tertiary/aromatic N) is 1. The molecule has 0 radical (unpaired) electrons. The first-order valence-electron chi connectivity index (χ1n) is 6.61. The van der Waals surface area contributed by atoms with E-state index in [1.807, 2.05) is 0 Å². The molecule has 0 amide bonds.